The van der Waals surface area contributed by atoms with Crippen LogP contribution in [0.4, 0.5) is 0 Å². The van der Waals surface area contributed by atoms with Gasteiger partial charge in [-0.2, -0.15) is 13.1 Å². The number of hydrogen-bond donors (Lipinski definition) is 2. The maximum atomic E-state index is 12.9. The first-order valence-electron chi connectivity index (χ1n) is 15.4. The fraction of sp³-hybridized carbons (Fsp3) is 0.968. The molecule has 5 fully saturated rings. The average Bonchev–Trinajstić information content (AvgIpc) is 3.23. The lowest BCUT2D eigenvalue weighted by Gasteiger charge is -2.72. The van der Waals surface area contributed by atoms with Crippen LogP contribution in [0.25, 0.3) is 0 Å². The molecule has 0 radical (unpaired) electrons. The molecule has 218 valence electrons. The second kappa shape index (κ2) is 8.92. The summed E-state index contributed by atoms with van der Waals surface area (Å²) in [5.41, 5.74) is -0.342. The molecule has 0 amide bonds. The molecular formula is C31H53NO5S. The fourth-order valence-electron chi connectivity index (χ4n) is 12.1. The van der Waals surface area contributed by atoms with Crippen LogP contribution in [-0.2, 0) is 19.3 Å². The van der Waals surface area contributed by atoms with Crippen molar-refractivity contribution < 1.29 is 22.5 Å². The molecule has 7 heteroatoms. The van der Waals surface area contributed by atoms with E-state index in [1.807, 2.05) is 0 Å². The molecule has 38 heavy (non-hydrogen) atoms. The van der Waals surface area contributed by atoms with Crippen molar-refractivity contribution in [1.29, 1.82) is 0 Å². The van der Waals surface area contributed by atoms with E-state index in [0.717, 1.165) is 64.2 Å². The minimum absolute atomic E-state index is 0.127. The number of carboxylic acid groups (broad SMARTS) is 1. The Kier molecular flexibility index (Phi) is 6.77. The van der Waals surface area contributed by atoms with Crippen LogP contribution in [0.15, 0.2) is 0 Å². The highest BCUT2D eigenvalue weighted by atomic mass is 32.2. The Morgan fingerprint density at radius 1 is 0.868 bits per heavy atom. The van der Waals surface area contributed by atoms with E-state index >= 15 is 0 Å². The molecule has 0 spiro atoms. The van der Waals surface area contributed by atoms with Crippen LogP contribution in [0, 0.1) is 62.6 Å². The average molecular weight is 552 g/mol. The molecule has 5 aliphatic rings. The first kappa shape index (κ1) is 28.9. The Labute approximate surface area is 231 Å². The summed E-state index contributed by atoms with van der Waals surface area (Å²) in [6, 6.07) is 0. The van der Waals surface area contributed by atoms with Gasteiger partial charge in [0.1, 0.15) is 0 Å². The lowest BCUT2D eigenvalue weighted by atomic mass is 9.32. The molecule has 0 aromatic carbocycles. The number of nitrogens with one attached hydrogen (secondary N) is 1. The van der Waals surface area contributed by atoms with Crippen molar-refractivity contribution in [2.24, 2.45) is 62.6 Å². The highest BCUT2D eigenvalue weighted by Crippen LogP contribution is 2.77. The fourth-order valence-corrected chi connectivity index (χ4v) is 12.9. The molecule has 10 atom stereocenters. The van der Waals surface area contributed by atoms with Gasteiger partial charge in [-0.3, -0.25) is 8.98 Å². The molecule has 0 saturated heterocycles. The minimum Gasteiger partial charge on any atom is -0.481 e. The molecule has 5 rings (SSSR count). The lowest BCUT2D eigenvalue weighted by Crippen LogP contribution is -2.67. The van der Waals surface area contributed by atoms with Gasteiger partial charge in [0.25, 0.3) is 0 Å². The van der Waals surface area contributed by atoms with Gasteiger partial charge in [0.2, 0.25) is 0 Å². The van der Waals surface area contributed by atoms with E-state index < -0.39 is 21.7 Å². The minimum atomic E-state index is -3.74. The van der Waals surface area contributed by atoms with E-state index in [-0.39, 0.29) is 33.7 Å². The summed E-state index contributed by atoms with van der Waals surface area (Å²) >= 11 is 0. The lowest BCUT2D eigenvalue weighted by molar-refractivity contribution is -0.247. The van der Waals surface area contributed by atoms with Crippen LogP contribution in [0.3, 0.4) is 0 Å². The van der Waals surface area contributed by atoms with Crippen LogP contribution >= 0.6 is 0 Å². The number of carbonyl (C=O) groups is 1. The first-order valence-corrected chi connectivity index (χ1v) is 16.8. The number of fused-ring (bicyclic) bond motifs is 7. The Hall–Kier alpha value is -0.660. The van der Waals surface area contributed by atoms with E-state index in [2.05, 4.69) is 53.2 Å². The van der Waals surface area contributed by atoms with Gasteiger partial charge < -0.3 is 5.11 Å². The molecule has 0 aromatic rings. The summed E-state index contributed by atoms with van der Waals surface area (Å²) in [5, 5.41) is 10.6. The first-order chi connectivity index (χ1) is 17.5. The predicted octanol–water partition coefficient (Wildman–Crippen LogP) is 6.66. The molecule has 5 aliphatic carbocycles. The summed E-state index contributed by atoms with van der Waals surface area (Å²) in [6.45, 7) is 16.7. The van der Waals surface area contributed by atoms with Gasteiger partial charge in [0, 0.05) is 7.05 Å². The zero-order valence-electron chi connectivity index (χ0n) is 25.1. The number of carboxylic acids is 1. The van der Waals surface area contributed by atoms with Crippen LogP contribution in [0.1, 0.15) is 113 Å². The maximum absolute atomic E-state index is 12.9. The van der Waals surface area contributed by atoms with Crippen molar-refractivity contribution in [3.63, 3.8) is 0 Å². The topological polar surface area (TPSA) is 92.7 Å². The van der Waals surface area contributed by atoms with Gasteiger partial charge in [-0.25, -0.2) is 0 Å². The van der Waals surface area contributed by atoms with Crippen LogP contribution in [-0.4, -0.2) is 32.6 Å². The maximum Gasteiger partial charge on any atom is 0.335 e. The van der Waals surface area contributed by atoms with Crippen molar-refractivity contribution >= 4 is 16.3 Å². The summed E-state index contributed by atoms with van der Waals surface area (Å²) in [7, 11) is -2.33. The monoisotopic (exact) mass is 551 g/mol. The molecule has 0 unspecified atom stereocenters. The summed E-state index contributed by atoms with van der Waals surface area (Å²) in [6.07, 6.45) is 9.72. The van der Waals surface area contributed by atoms with E-state index in [9.17, 15) is 18.3 Å². The van der Waals surface area contributed by atoms with Gasteiger partial charge in [0.15, 0.2) is 0 Å². The Morgan fingerprint density at radius 2 is 1.55 bits per heavy atom. The zero-order valence-corrected chi connectivity index (χ0v) is 25.9. The van der Waals surface area contributed by atoms with Crippen LogP contribution < -0.4 is 4.72 Å². The third-order valence-electron chi connectivity index (χ3n) is 14.2. The number of aliphatic carboxylic acids is 1. The van der Waals surface area contributed by atoms with Crippen molar-refractivity contribution in [1.82, 2.24) is 4.72 Å². The molecule has 0 aromatic heterocycles. The summed E-state index contributed by atoms with van der Waals surface area (Å²) < 4.78 is 32.7. The van der Waals surface area contributed by atoms with Gasteiger partial charge in [-0.1, -0.05) is 48.5 Å². The Bertz CT molecular complexity index is 1070. The van der Waals surface area contributed by atoms with Gasteiger partial charge in [0.05, 0.1) is 11.5 Å². The number of hydrogen-bond acceptors (Lipinski definition) is 4. The third-order valence-corrected chi connectivity index (χ3v) is 15.2. The highest BCUT2D eigenvalue weighted by Gasteiger charge is 2.72. The molecule has 5 saturated carbocycles. The third kappa shape index (κ3) is 3.69. The van der Waals surface area contributed by atoms with Crippen LogP contribution in [0.2, 0.25) is 0 Å². The van der Waals surface area contributed by atoms with Gasteiger partial charge in [-0.15, -0.1) is 0 Å². The molecule has 0 heterocycles. The van der Waals surface area contributed by atoms with Crippen molar-refractivity contribution in [3.05, 3.63) is 0 Å². The SMILES string of the molecule is CNS(=O)(=O)O[C@@H]1CC[C@]2(C)[C@H]3CC[C@@H]4[C@H]5[C@H](C(C)C)CC[C@]5(C(=O)O)CC[C@@]4(C)[C@]3(C)CC[C@H]2C1(C)C. The second-order valence-electron chi connectivity index (χ2n) is 15.7. The molecule has 6 nitrogen and oxygen atoms in total. The molecule has 2 N–H and O–H groups in total. The van der Waals surface area contributed by atoms with Crippen molar-refractivity contribution in [2.75, 3.05) is 7.05 Å². The zero-order chi connectivity index (χ0) is 28.1. The van der Waals surface area contributed by atoms with E-state index in [0.29, 0.717) is 29.6 Å². The molecule has 0 bridgehead atoms. The Morgan fingerprint density at radius 3 is 2.16 bits per heavy atom. The molecular weight excluding hydrogens is 498 g/mol. The van der Waals surface area contributed by atoms with Crippen molar-refractivity contribution in [3.8, 4) is 0 Å². The van der Waals surface area contributed by atoms with Gasteiger partial charge >= 0.3 is 16.3 Å². The quantitative estimate of drug-likeness (QED) is 0.399. The van der Waals surface area contributed by atoms with E-state index in [4.69, 9.17) is 4.18 Å². The standard InChI is InChI=1S/C31H53NO5S/c1-19(2)20-11-16-31(26(33)34)18-17-29(6)21(25(20)31)9-10-23-28(5)14-13-24(37-38(35,36)32-8)27(3,4)22(28)12-15-30(23,29)7/h19-25,32H,9-18H2,1-8H3,(H,33,34)/t20-,21+,22-,23+,24+,25+,28-,29+,30+,31-/m0/s1. The normalized spacial score (nSPS) is 50.0. The largest absolute Gasteiger partial charge is 0.481 e. The van der Waals surface area contributed by atoms with E-state index in [1.54, 1.807) is 0 Å². The smallest absolute Gasteiger partial charge is 0.335 e. The highest BCUT2D eigenvalue weighted by molar-refractivity contribution is 7.84. The van der Waals surface area contributed by atoms with Crippen LogP contribution in [0.5, 0.6) is 0 Å². The number of rotatable bonds is 5. The molecule has 0 aliphatic heterocycles. The predicted molar refractivity (Wildman–Crippen MR) is 149 cm³/mol. The van der Waals surface area contributed by atoms with Crippen molar-refractivity contribution in [2.45, 2.75) is 119 Å². The summed E-state index contributed by atoms with van der Waals surface area (Å²) in [5.74, 6) is 2.21. The Balaban J connectivity index is 1.50. The second-order valence-corrected chi connectivity index (χ2v) is 17.2. The summed E-state index contributed by atoms with van der Waals surface area (Å²) in [4.78, 5) is 12.9. The van der Waals surface area contributed by atoms with Gasteiger partial charge in [-0.05, 0) is 121 Å². The van der Waals surface area contributed by atoms with E-state index in [1.165, 1.54) is 7.05 Å².